The smallest absolute Gasteiger partial charge is 1.00 e. The zero-order chi connectivity index (χ0) is 10.6. The van der Waals surface area contributed by atoms with E-state index < -0.39 is 36.4 Å². The van der Waals surface area contributed by atoms with Gasteiger partial charge in [0, 0.05) is 0 Å². The van der Waals surface area contributed by atoms with Crippen molar-refractivity contribution in [3.63, 3.8) is 0 Å². The number of carboxylic acids is 3. The van der Waals surface area contributed by atoms with Crippen molar-refractivity contribution >= 4 is 55.6 Å². The van der Waals surface area contributed by atoms with Crippen LogP contribution in [0.15, 0.2) is 0 Å². The first-order valence-electron chi connectivity index (χ1n) is 3.17. The number of carboxylic acid groups (broad SMARTS) is 3. The van der Waals surface area contributed by atoms with Crippen LogP contribution in [-0.2, 0) is 14.4 Å². The second kappa shape index (κ2) is 49.6. The third-order valence-electron chi connectivity index (χ3n) is 1.29. The van der Waals surface area contributed by atoms with Gasteiger partial charge in [-0.3, -0.25) is 9.59 Å². The van der Waals surface area contributed by atoms with Gasteiger partial charge in [-0.25, -0.2) is 4.79 Å². The third kappa shape index (κ3) is 49.5. The van der Waals surface area contributed by atoms with Gasteiger partial charge in [-0.2, -0.15) is 0 Å². The van der Waals surface area contributed by atoms with Gasteiger partial charge in [0.05, 0.1) is 12.8 Å². The average Bonchev–Trinajstić information content (AvgIpc) is 1.82. The van der Waals surface area contributed by atoms with Crippen molar-refractivity contribution in [2.75, 3.05) is 0 Å². The van der Waals surface area contributed by atoms with E-state index in [-0.39, 0.29) is 106 Å². The van der Waals surface area contributed by atoms with Crippen molar-refractivity contribution in [2.45, 2.75) is 18.4 Å². The van der Waals surface area contributed by atoms with E-state index in [0.29, 0.717) is 0 Å². The minimum absolute atomic E-state index is 0. The van der Waals surface area contributed by atoms with E-state index in [0.717, 1.165) is 0 Å². The fourth-order valence-electron chi connectivity index (χ4n) is 0.714. The summed E-state index contributed by atoms with van der Waals surface area (Å²) in [4.78, 5) is 30.5. The summed E-state index contributed by atoms with van der Waals surface area (Å²) in [6.07, 6.45) is -2.29. The summed E-state index contributed by atoms with van der Waals surface area (Å²) in [6.45, 7) is 0. The Kier molecular flexibility index (Phi) is 225. The van der Waals surface area contributed by atoms with E-state index in [1.165, 1.54) is 0 Å². The SMILES string of the molecule is O.O.O.O.O.O.O.O.O.O.O.O.O=C(O)CC(O)(CC(=O)O)C(=O)O.[Ca+2].[H-].[H-]. The molecule has 0 aromatic rings. The monoisotopic (exact) mass is 450 g/mol. The largest absolute Gasteiger partial charge is 2.00 e. The van der Waals surface area contributed by atoms with Gasteiger partial charge in [-0.1, -0.05) is 0 Å². The maximum atomic E-state index is 10.3. The molecule has 0 saturated carbocycles. The molecule has 0 aliphatic heterocycles. The van der Waals surface area contributed by atoms with Crippen LogP contribution >= 0.6 is 0 Å². The van der Waals surface area contributed by atoms with E-state index >= 15 is 0 Å². The molecule has 0 amide bonds. The van der Waals surface area contributed by atoms with E-state index in [1.54, 1.807) is 0 Å². The van der Waals surface area contributed by atoms with Gasteiger partial charge < -0.3 is 89.0 Å². The molecule has 0 aliphatic carbocycles. The Bertz CT molecular complexity index is 251. The normalized spacial score (nSPS) is 5.42. The molecule has 0 saturated heterocycles. The van der Waals surface area contributed by atoms with Crippen LogP contribution in [0.5, 0.6) is 0 Å². The number of carbonyl (C=O) groups is 3. The number of hydrogen-bond donors (Lipinski definition) is 4. The Balaban J connectivity index is -0.00000000686. The van der Waals surface area contributed by atoms with Crippen molar-refractivity contribution in [3.8, 4) is 0 Å². The molecule has 0 spiro atoms. The summed E-state index contributed by atoms with van der Waals surface area (Å²) >= 11 is 0. The summed E-state index contributed by atoms with van der Waals surface area (Å²) in [7, 11) is 0. The number of rotatable bonds is 5. The quantitative estimate of drug-likeness (QED) is 0.292. The fourth-order valence-corrected chi connectivity index (χ4v) is 0.714. The molecule has 0 rings (SSSR count). The Labute approximate surface area is 177 Å². The van der Waals surface area contributed by atoms with Crippen molar-refractivity contribution in [1.29, 1.82) is 0 Å². The van der Waals surface area contributed by atoms with E-state index in [9.17, 15) is 14.4 Å². The second-order valence-corrected chi connectivity index (χ2v) is 2.48. The molecule has 19 nitrogen and oxygen atoms in total. The van der Waals surface area contributed by atoms with Crippen LogP contribution in [0, 0.1) is 0 Å². The maximum absolute atomic E-state index is 10.3. The van der Waals surface area contributed by atoms with Gasteiger partial charge in [-0.15, -0.1) is 0 Å². The van der Waals surface area contributed by atoms with E-state index in [1.807, 2.05) is 0 Å². The average molecular weight is 450 g/mol. The molecule has 0 unspecified atom stereocenters. The van der Waals surface area contributed by atoms with Gasteiger partial charge in [0.25, 0.3) is 0 Å². The van der Waals surface area contributed by atoms with Crippen molar-refractivity contribution < 1.29 is 103 Å². The second-order valence-electron chi connectivity index (χ2n) is 2.48. The first-order chi connectivity index (χ1) is 5.78. The molecule has 0 bridgehead atoms. The van der Waals surface area contributed by atoms with Crippen LogP contribution < -0.4 is 0 Å². The number of aliphatic carboxylic acids is 3. The summed E-state index contributed by atoms with van der Waals surface area (Å²) in [5, 5.41) is 33.8. The molecule has 0 fully saturated rings. The number of hydrogen-bond acceptors (Lipinski definition) is 4. The van der Waals surface area contributed by atoms with Crippen LogP contribution in [0.25, 0.3) is 0 Å². The van der Waals surface area contributed by atoms with Gasteiger partial charge in [0.15, 0.2) is 5.60 Å². The Morgan fingerprint density at radius 2 is 0.731 bits per heavy atom. The summed E-state index contributed by atoms with van der Waals surface area (Å²) in [5.74, 6) is -5.02. The van der Waals surface area contributed by atoms with Gasteiger partial charge in [-0.05, 0) is 0 Å². The summed E-state index contributed by atoms with van der Waals surface area (Å²) in [6, 6.07) is 0. The fraction of sp³-hybridized carbons (Fsp3) is 0.500. The molecule has 0 radical (unpaired) electrons. The molecule has 174 valence electrons. The molecule has 0 heterocycles. The minimum Gasteiger partial charge on any atom is -1.00 e. The number of aliphatic hydroxyl groups is 1. The van der Waals surface area contributed by atoms with Crippen LogP contribution in [0.3, 0.4) is 0 Å². The third-order valence-corrected chi connectivity index (χ3v) is 1.29. The van der Waals surface area contributed by atoms with E-state index in [2.05, 4.69) is 0 Å². The Hall–Kier alpha value is -0.850. The minimum atomic E-state index is -2.74. The zero-order valence-corrected chi connectivity index (χ0v) is 15.3. The molecule has 0 atom stereocenters. The molecule has 20 heteroatoms. The topological polar surface area (TPSA) is 510 Å². The summed E-state index contributed by atoms with van der Waals surface area (Å²) < 4.78 is 0. The van der Waals surface area contributed by atoms with E-state index in [4.69, 9.17) is 20.4 Å². The van der Waals surface area contributed by atoms with Crippen LogP contribution in [0.1, 0.15) is 15.7 Å². The van der Waals surface area contributed by atoms with Crippen molar-refractivity contribution in [2.24, 2.45) is 0 Å². The van der Waals surface area contributed by atoms with Crippen LogP contribution in [0.2, 0.25) is 0 Å². The molecule has 0 aromatic heterocycles. The van der Waals surface area contributed by atoms with Gasteiger partial charge >= 0.3 is 55.6 Å². The van der Waals surface area contributed by atoms with Crippen LogP contribution in [0.4, 0.5) is 0 Å². The predicted molar refractivity (Wildman–Crippen MR) is 88.4 cm³/mol. The molecular weight excluding hydrogens is 416 g/mol. The molecule has 0 aromatic carbocycles. The van der Waals surface area contributed by atoms with Crippen molar-refractivity contribution in [3.05, 3.63) is 0 Å². The Morgan fingerprint density at radius 3 is 0.808 bits per heavy atom. The van der Waals surface area contributed by atoms with Crippen molar-refractivity contribution in [1.82, 2.24) is 0 Å². The van der Waals surface area contributed by atoms with Gasteiger partial charge in [0.1, 0.15) is 0 Å². The standard InChI is InChI=1S/C6H8O7.Ca.12H2O.2H/c7-3(8)1-6(13,5(11)12)2-4(9)10;;;;;;;;;;;;;;;/h13H,1-2H2,(H,7,8)(H,9,10)(H,11,12);;12*1H2;;/q;+2;;;;;;;;;;;;;2*-1. The Morgan fingerprint density at radius 1 is 0.577 bits per heavy atom. The molecular formula is C6H34CaO19. The zero-order valence-electron chi connectivity index (χ0n) is 15.1. The maximum Gasteiger partial charge on any atom is 2.00 e. The summed E-state index contributed by atoms with van der Waals surface area (Å²) in [5.41, 5.74) is -2.74. The predicted octanol–water partition coefficient (Wildman–Crippen LogP) is -11.3. The first-order valence-corrected chi connectivity index (χ1v) is 3.17. The van der Waals surface area contributed by atoms with Gasteiger partial charge in [0.2, 0.25) is 0 Å². The molecule has 0 aliphatic rings. The molecule has 28 N–H and O–H groups in total. The van der Waals surface area contributed by atoms with Crippen LogP contribution in [-0.4, -0.2) is 147 Å². The first kappa shape index (κ1) is 118. The molecule has 26 heavy (non-hydrogen) atoms.